The average molecular weight is 235 g/mol. The molecule has 2 rings (SSSR count). The molecule has 0 saturated heterocycles. The predicted octanol–water partition coefficient (Wildman–Crippen LogP) is 1.93. The van der Waals surface area contributed by atoms with Crippen LogP contribution in [0.4, 0.5) is 5.69 Å². The highest BCUT2D eigenvalue weighted by atomic mass is 16.5. The van der Waals surface area contributed by atoms with Crippen LogP contribution in [-0.4, -0.2) is 18.1 Å². The fourth-order valence-electron chi connectivity index (χ4n) is 1.89. The van der Waals surface area contributed by atoms with Crippen LogP contribution in [0.25, 0.3) is 0 Å². The summed E-state index contributed by atoms with van der Waals surface area (Å²) in [4.78, 5) is 11.7. The third-order valence-electron chi connectivity index (χ3n) is 3.19. The number of ether oxygens (including phenoxy) is 1. The molecule has 4 heteroatoms. The van der Waals surface area contributed by atoms with Gasteiger partial charge in [-0.3, -0.25) is 4.79 Å². The second-order valence-corrected chi connectivity index (χ2v) is 4.30. The topological polar surface area (TPSA) is 58.6 Å². The number of carbonyl (C=O) groups is 1. The van der Waals surface area contributed by atoms with Crippen molar-refractivity contribution in [2.24, 2.45) is 5.92 Å². The number of aliphatic hydroxyl groups excluding tert-OH is 1. The molecule has 1 aliphatic rings. The molecular formula is C13H17NO3. The van der Waals surface area contributed by atoms with Gasteiger partial charge in [0, 0.05) is 17.2 Å². The molecule has 0 radical (unpaired) electrons. The van der Waals surface area contributed by atoms with Gasteiger partial charge in [0.25, 0.3) is 0 Å². The standard InChI is InChI=1S/C13H17NO3/c1-17-12-6-5-11(7-10(12)8-15)14-13(16)9-3-2-4-9/h5-7,9,15H,2-4,8H2,1H3,(H,14,16). The van der Waals surface area contributed by atoms with Crippen LogP contribution in [0.5, 0.6) is 5.75 Å². The van der Waals surface area contributed by atoms with E-state index in [0.29, 0.717) is 17.0 Å². The zero-order chi connectivity index (χ0) is 12.3. The molecule has 0 atom stereocenters. The van der Waals surface area contributed by atoms with Gasteiger partial charge in [-0.05, 0) is 31.0 Å². The monoisotopic (exact) mass is 235 g/mol. The summed E-state index contributed by atoms with van der Waals surface area (Å²) >= 11 is 0. The Bertz CT molecular complexity index is 413. The summed E-state index contributed by atoms with van der Waals surface area (Å²) in [5.74, 6) is 0.870. The van der Waals surface area contributed by atoms with Crippen molar-refractivity contribution in [1.29, 1.82) is 0 Å². The molecule has 0 spiro atoms. The van der Waals surface area contributed by atoms with E-state index in [0.717, 1.165) is 19.3 Å². The van der Waals surface area contributed by atoms with Crippen LogP contribution in [0, 0.1) is 5.92 Å². The van der Waals surface area contributed by atoms with E-state index < -0.39 is 0 Å². The van der Waals surface area contributed by atoms with Gasteiger partial charge in [0.15, 0.2) is 0 Å². The van der Waals surface area contributed by atoms with Gasteiger partial charge in [0.1, 0.15) is 5.75 Å². The highest BCUT2D eigenvalue weighted by Crippen LogP contribution is 2.28. The molecule has 4 nitrogen and oxygen atoms in total. The van der Waals surface area contributed by atoms with Crippen molar-refractivity contribution in [3.05, 3.63) is 23.8 Å². The number of aliphatic hydroxyl groups is 1. The van der Waals surface area contributed by atoms with E-state index in [1.165, 1.54) is 0 Å². The smallest absolute Gasteiger partial charge is 0.227 e. The number of hydrogen-bond acceptors (Lipinski definition) is 3. The predicted molar refractivity (Wildman–Crippen MR) is 64.9 cm³/mol. The molecule has 17 heavy (non-hydrogen) atoms. The molecule has 92 valence electrons. The average Bonchev–Trinajstić information content (AvgIpc) is 2.26. The first kappa shape index (κ1) is 11.9. The van der Waals surface area contributed by atoms with Crippen molar-refractivity contribution < 1.29 is 14.6 Å². The van der Waals surface area contributed by atoms with E-state index in [4.69, 9.17) is 4.74 Å². The number of hydrogen-bond donors (Lipinski definition) is 2. The van der Waals surface area contributed by atoms with Gasteiger partial charge in [-0.2, -0.15) is 0 Å². The summed E-state index contributed by atoms with van der Waals surface area (Å²) in [5, 5.41) is 12.0. The van der Waals surface area contributed by atoms with Crippen LogP contribution in [-0.2, 0) is 11.4 Å². The van der Waals surface area contributed by atoms with Gasteiger partial charge in [-0.25, -0.2) is 0 Å². The summed E-state index contributed by atoms with van der Waals surface area (Å²) in [6.07, 6.45) is 3.10. The van der Waals surface area contributed by atoms with E-state index >= 15 is 0 Å². The summed E-state index contributed by atoms with van der Waals surface area (Å²) in [5.41, 5.74) is 1.39. The summed E-state index contributed by atoms with van der Waals surface area (Å²) in [6, 6.07) is 5.28. The number of methoxy groups -OCH3 is 1. The van der Waals surface area contributed by atoms with Gasteiger partial charge in [0.05, 0.1) is 13.7 Å². The van der Waals surface area contributed by atoms with Crippen LogP contribution in [0.15, 0.2) is 18.2 Å². The first-order valence-electron chi connectivity index (χ1n) is 5.83. The first-order chi connectivity index (χ1) is 8.24. The fourth-order valence-corrected chi connectivity index (χ4v) is 1.89. The first-order valence-corrected chi connectivity index (χ1v) is 5.83. The molecule has 0 aromatic heterocycles. The third kappa shape index (κ3) is 2.58. The molecular weight excluding hydrogens is 218 g/mol. The molecule has 1 saturated carbocycles. The molecule has 1 aromatic rings. The molecule has 1 amide bonds. The van der Waals surface area contributed by atoms with Crippen LogP contribution in [0.1, 0.15) is 24.8 Å². The Kier molecular flexibility index (Phi) is 3.64. The fraction of sp³-hybridized carbons (Fsp3) is 0.462. The SMILES string of the molecule is COc1ccc(NC(=O)C2CCC2)cc1CO. The Morgan fingerprint density at radius 3 is 2.82 bits per heavy atom. The Labute approximate surface area is 101 Å². The van der Waals surface area contributed by atoms with Gasteiger partial charge >= 0.3 is 0 Å². The van der Waals surface area contributed by atoms with Crippen LogP contribution >= 0.6 is 0 Å². The van der Waals surface area contributed by atoms with E-state index in [9.17, 15) is 9.90 Å². The minimum Gasteiger partial charge on any atom is -0.496 e. The summed E-state index contributed by atoms with van der Waals surface area (Å²) in [6.45, 7) is -0.101. The van der Waals surface area contributed by atoms with Gasteiger partial charge in [0.2, 0.25) is 5.91 Å². The van der Waals surface area contributed by atoms with Gasteiger partial charge in [-0.15, -0.1) is 0 Å². The van der Waals surface area contributed by atoms with E-state index in [2.05, 4.69) is 5.32 Å². The van der Waals surface area contributed by atoms with E-state index in [1.54, 1.807) is 25.3 Å². The Hall–Kier alpha value is -1.55. The second kappa shape index (κ2) is 5.19. The Morgan fingerprint density at radius 1 is 1.53 bits per heavy atom. The summed E-state index contributed by atoms with van der Waals surface area (Å²) < 4.78 is 5.10. The van der Waals surface area contributed by atoms with Gasteiger partial charge < -0.3 is 15.2 Å². The summed E-state index contributed by atoms with van der Waals surface area (Å²) in [7, 11) is 1.56. The second-order valence-electron chi connectivity index (χ2n) is 4.30. The highest BCUT2D eigenvalue weighted by molar-refractivity contribution is 5.93. The normalized spacial score (nSPS) is 15.2. The van der Waals surface area contributed by atoms with E-state index in [1.807, 2.05) is 0 Å². The number of benzene rings is 1. The van der Waals surface area contributed by atoms with Crippen LogP contribution in [0.3, 0.4) is 0 Å². The van der Waals surface area contributed by atoms with Crippen molar-refractivity contribution in [2.75, 3.05) is 12.4 Å². The van der Waals surface area contributed by atoms with Crippen molar-refractivity contribution >= 4 is 11.6 Å². The molecule has 2 N–H and O–H groups in total. The minimum atomic E-state index is -0.101. The highest BCUT2D eigenvalue weighted by Gasteiger charge is 2.25. The Morgan fingerprint density at radius 2 is 2.29 bits per heavy atom. The maximum Gasteiger partial charge on any atom is 0.227 e. The lowest BCUT2D eigenvalue weighted by atomic mass is 9.85. The third-order valence-corrected chi connectivity index (χ3v) is 3.19. The number of anilines is 1. The zero-order valence-electron chi connectivity index (χ0n) is 9.90. The minimum absolute atomic E-state index is 0.0744. The molecule has 1 aromatic carbocycles. The lowest BCUT2D eigenvalue weighted by Gasteiger charge is -2.24. The maximum absolute atomic E-state index is 11.7. The van der Waals surface area contributed by atoms with Crippen LogP contribution in [0.2, 0.25) is 0 Å². The van der Waals surface area contributed by atoms with E-state index in [-0.39, 0.29) is 18.4 Å². The number of nitrogens with one attached hydrogen (secondary N) is 1. The largest absolute Gasteiger partial charge is 0.496 e. The molecule has 1 fully saturated rings. The maximum atomic E-state index is 11.7. The quantitative estimate of drug-likeness (QED) is 0.838. The molecule has 1 aliphatic carbocycles. The number of carbonyl (C=O) groups excluding carboxylic acids is 1. The number of amides is 1. The molecule has 0 aliphatic heterocycles. The lowest BCUT2D eigenvalue weighted by Crippen LogP contribution is -2.28. The van der Waals surface area contributed by atoms with Crippen LogP contribution < -0.4 is 10.1 Å². The molecule has 0 bridgehead atoms. The molecule has 0 unspecified atom stereocenters. The van der Waals surface area contributed by atoms with Crippen molar-refractivity contribution in [3.8, 4) is 5.75 Å². The molecule has 0 heterocycles. The Balaban J connectivity index is 2.07. The lowest BCUT2D eigenvalue weighted by molar-refractivity contribution is -0.122. The van der Waals surface area contributed by atoms with Crippen molar-refractivity contribution in [2.45, 2.75) is 25.9 Å². The van der Waals surface area contributed by atoms with Crippen molar-refractivity contribution in [1.82, 2.24) is 0 Å². The van der Waals surface area contributed by atoms with Gasteiger partial charge in [-0.1, -0.05) is 6.42 Å². The van der Waals surface area contributed by atoms with Crippen molar-refractivity contribution in [3.63, 3.8) is 0 Å². The number of rotatable bonds is 4. The zero-order valence-corrected chi connectivity index (χ0v) is 9.90.